The smallest absolute Gasteiger partial charge is 0.226 e. The van der Waals surface area contributed by atoms with E-state index in [1.807, 2.05) is 39.0 Å². The van der Waals surface area contributed by atoms with E-state index in [0.717, 1.165) is 28.2 Å². The van der Waals surface area contributed by atoms with Gasteiger partial charge in [-0.2, -0.15) is 0 Å². The van der Waals surface area contributed by atoms with Gasteiger partial charge in [-0.1, -0.05) is 30.4 Å². The number of carbonyl (C=O) groups is 2. The molecule has 0 fully saturated rings. The number of carbonyl (C=O) groups excluding carboxylic acids is 2. The first-order chi connectivity index (χ1) is 11.0. The number of aromatic nitrogens is 2. The molecule has 0 saturated carbocycles. The second kappa shape index (κ2) is 7.82. The molecule has 6 nitrogen and oxygen atoms in total. The standard InChI is InChI=1S/C16H20N4O2S/c1-4-15-19-20-16(23-15)18-14(22)9-8-13(21)17-12-7-5-6-10(2)11(12)3/h5-7H,4,8-9H2,1-3H3,(H,17,21)(H,18,20,22). The van der Waals surface area contributed by atoms with Crippen LogP contribution in [0.3, 0.4) is 0 Å². The van der Waals surface area contributed by atoms with Crippen molar-refractivity contribution in [3.05, 3.63) is 34.3 Å². The number of nitrogens with one attached hydrogen (secondary N) is 2. The molecular formula is C16H20N4O2S. The molecule has 0 bridgehead atoms. The second-order valence-corrected chi connectivity index (χ2v) is 6.26. The van der Waals surface area contributed by atoms with Crippen LogP contribution in [0.5, 0.6) is 0 Å². The van der Waals surface area contributed by atoms with Gasteiger partial charge in [-0.3, -0.25) is 9.59 Å². The van der Waals surface area contributed by atoms with E-state index in [9.17, 15) is 9.59 Å². The molecule has 2 rings (SSSR count). The number of amides is 2. The maximum Gasteiger partial charge on any atom is 0.226 e. The zero-order chi connectivity index (χ0) is 16.8. The number of rotatable bonds is 6. The first kappa shape index (κ1) is 17.1. The fourth-order valence-corrected chi connectivity index (χ4v) is 2.65. The topological polar surface area (TPSA) is 84.0 Å². The van der Waals surface area contributed by atoms with E-state index < -0.39 is 0 Å². The van der Waals surface area contributed by atoms with Crippen LogP contribution in [0.2, 0.25) is 0 Å². The number of anilines is 2. The monoisotopic (exact) mass is 332 g/mol. The van der Waals surface area contributed by atoms with Crippen molar-refractivity contribution in [3.8, 4) is 0 Å². The SMILES string of the molecule is CCc1nnc(NC(=O)CCC(=O)Nc2cccc(C)c2C)s1. The second-order valence-electron chi connectivity index (χ2n) is 5.20. The summed E-state index contributed by atoms with van der Waals surface area (Å²) in [5.74, 6) is -0.416. The highest BCUT2D eigenvalue weighted by molar-refractivity contribution is 7.15. The van der Waals surface area contributed by atoms with Gasteiger partial charge in [-0.15, -0.1) is 10.2 Å². The Morgan fingerprint density at radius 2 is 1.78 bits per heavy atom. The van der Waals surface area contributed by atoms with Crippen LogP contribution in [-0.2, 0) is 16.0 Å². The van der Waals surface area contributed by atoms with Gasteiger partial charge in [0.25, 0.3) is 0 Å². The van der Waals surface area contributed by atoms with Crippen LogP contribution in [0.15, 0.2) is 18.2 Å². The molecule has 2 amide bonds. The van der Waals surface area contributed by atoms with Crippen molar-refractivity contribution in [1.82, 2.24) is 10.2 Å². The van der Waals surface area contributed by atoms with E-state index in [2.05, 4.69) is 20.8 Å². The average molecular weight is 332 g/mol. The minimum absolute atomic E-state index is 0.109. The number of nitrogens with zero attached hydrogens (tertiary/aromatic N) is 2. The Kier molecular flexibility index (Phi) is 5.81. The van der Waals surface area contributed by atoms with Crippen molar-refractivity contribution >= 4 is 34.0 Å². The maximum atomic E-state index is 12.0. The number of benzene rings is 1. The summed E-state index contributed by atoms with van der Waals surface area (Å²) < 4.78 is 0. The van der Waals surface area contributed by atoms with E-state index >= 15 is 0 Å². The zero-order valence-electron chi connectivity index (χ0n) is 13.5. The lowest BCUT2D eigenvalue weighted by Gasteiger charge is -2.10. The summed E-state index contributed by atoms with van der Waals surface area (Å²) in [6.45, 7) is 5.92. The molecule has 0 radical (unpaired) electrons. The number of hydrogen-bond acceptors (Lipinski definition) is 5. The van der Waals surface area contributed by atoms with Crippen molar-refractivity contribution in [3.63, 3.8) is 0 Å². The Labute approximate surface area is 139 Å². The van der Waals surface area contributed by atoms with Crippen molar-refractivity contribution in [2.24, 2.45) is 0 Å². The van der Waals surface area contributed by atoms with E-state index in [1.54, 1.807) is 0 Å². The van der Waals surface area contributed by atoms with Crippen molar-refractivity contribution in [1.29, 1.82) is 0 Å². The van der Waals surface area contributed by atoms with E-state index in [-0.39, 0.29) is 24.7 Å². The lowest BCUT2D eigenvalue weighted by atomic mass is 10.1. The van der Waals surface area contributed by atoms with Crippen LogP contribution < -0.4 is 10.6 Å². The quantitative estimate of drug-likeness (QED) is 0.851. The molecule has 2 N–H and O–H groups in total. The molecule has 2 aromatic rings. The van der Waals surface area contributed by atoms with E-state index in [4.69, 9.17) is 0 Å². The summed E-state index contributed by atoms with van der Waals surface area (Å²) in [6.07, 6.45) is 1.02. The molecule has 0 aliphatic carbocycles. The fourth-order valence-electron chi connectivity index (χ4n) is 1.96. The van der Waals surface area contributed by atoms with Gasteiger partial charge in [-0.25, -0.2) is 0 Å². The van der Waals surface area contributed by atoms with Gasteiger partial charge in [0.05, 0.1) is 0 Å². The number of aryl methyl sites for hydroxylation is 2. The molecule has 0 atom stereocenters. The van der Waals surface area contributed by atoms with Crippen LogP contribution in [0.4, 0.5) is 10.8 Å². The van der Waals surface area contributed by atoms with Gasteiger partial charge in [0.1, 0.15) is 5.01 Å². The van der Waals surface area contributed by atoms with Gasteiger partial charge >= 0.3 is 0 Å². The molecule has 1 aromatic carbocycles. The molecule has 1 heterocycles. The van der Waals surface area contributed by atoms with Crippen molar-refractivity contribution in [2.45, 2.75) is 40.0 Å². The Morgan fingerprint density at radius 1 is 1.09 bits per heavy atom. The molecule has 1 aromatic heterocycles. The molecule has 7 heteroatoms. The van der Waals surface area contributed by atoms with Crippen molar-refractivity contribution < 1.29 is 9.59 Å². The third kappa shape index (κ3) is 4.85. The van der Waals surface area contributed by atoms with Crippen LogP contribution in [0, 0.1) is 13.8 Å². The summed E-state index contributed by atoms with van der Waals surface area (Å²) >= 11 is 1.35. The largest absolute Gasteiger partial charge is 0.326 e. The maximum absolute atomic E-state index is 12.0. The Bertz CT molecular complexity index is 712. The van der Waals surface area contributed by atoms with Gasteiger partial charge in [-0.05, 0) is 37.5 Å². The van der Waals surface area contributed by atoms with Crippen LogP contribution >= 0.6 is 11.3 Å². The Balaban J connectivity index is 1.81. The third-order valence-electron chi connectivity index (χ3n) is 3.47. The predicted molar refractivity (Wildman–Crippen MR) is 91.7 cm³/mol. The van der Waals surface area contributed by atoms with Gasteiger partial charge in [0.2, 0.25) is 16.9 Å². The Morgan fingerprint density at radius 3 is 2.43 bits per heavy atom. The van der Waals surface area contributed by atoms with Gasteiger partial charge < -0.3 is 10.6 Å². The first-order valence-corrected chi connectivity index (χ1v) is 8.29. The predicted octanol–water partition coefficient (Wildman–Crippen LogP) is 3.07. The summed E-state index contributed by atoms with van der Waals surface area (Å²) in [5.41, 5.74) is 2.93. The van der Waals surface area contributed by atoms with Gasteiger partial charge in [0.15, 0.2) is 0 Å². The molecular weight excluding hydrogens is 312 g/mol. The Hall–Kier alpha value is -2.28. The average Bonchev–Trinajstić information content (AvgIpc) is 2.97. The normalized spacial score (nSPS) is 10.4. The minimum Gasteiger partial charge on any atom is -0.326 e. The minimum atomic E-state index is -0.236. The molecule has 0 aliphatic heterocycles. The lowest BCUT2D eigenvalue weighted by Crippen LogP contribution is -2.17. The fraction of sp³-hybridized carbons (Fsp3) is 0.375. The molecule has 0 spiro atoms. The highest BCUT2D eigenvalue weighted by atomic mass is 32.1. The van der Waals surface area contributed by atoms with Crippen LogP contribution in [0.1, 0.15) is 35.9 Å². The number of hydrogen-bond donors (Lipinski definition) is 2. The third-order valence-corrected chi connectivity index (χ3v) is 4.46. The highest BCUT2D eigenvalue weighted by Crippen LogP contribution is 2.18. The zero-order valence-corrected chi connectivity index (χ0v) is 14.3. The van der Waals surface area contributed by atoms with Crippen molar-refractivity contribution in [2.75, 3.05) is 10.6 Å². The van der Waals surface area contributed by atoms with Crippen LogP contribution in [-0.4, -0.2) is 22.0 Å². The first-order valence-electron chi connectivity index (χ1n) is 7.48. The molecule has 122 valence electrons. The lowest BCUT2D eigenvalue weighted by molar-refractivity contribution is -0.121. The van der Waals surface area contributed by atoms with Gasteiger partial charge in [0, 0.05) is 18.5 Å². The summed E-state index contributed by atoms with van der Waals surface area (Å²) in [7, 11) is 0. The molecule has 0 unspecified atom stereocenters. The molecule has 0 saturated heterocycles. The summed E-state index contributed by atoms with van der Waals surface area (Å²) in [4.78, 5) is 23.8. The van der Waals surface area contributed by atoms with E-state index in [0.29, 0.717) is 5.13 Å². The molecule has 23 heavy (non-hydrogen) atoms. The summed E-state index contributed by atoms with van der Waals surface area (Å²) in [6, 6.07) is 5.74. The van der Waals surface area contributed by atoms with Crippen LogP contribution in [0.25, 0.3) is 0 Å². The molecule has 0 aliphatic rings. The summed E-state index contributed by atoms with van der Waals surface area (Å²) in [5, 5.41) is 14.7. The van der Waals surface area contributed by atoms with E-state index in [1.165, 1.54) is 11.3 Å². The highest BCUT2D eigenvalue weighted by Gasteiger charge is 2.11.